The van der Waals surface area contributed by atoms with Crippen molar-refractivity contribution in [3.8, 4) is 5.75 Å². The first-order valence-corrected chi connectivity index (χ1v) is 12.9. The molecule has 0 unspecified atom stereocenters. The van der Waals surface area contributed by atoms with Crippen molar-refractivity contribution in [2.24, 2.45) is 5.92 Å². The van der Waals surface area contributed by atoms with E-state index in [9.17, 15) is 14.4 Å². The van der Waals surface area contributed by atoms with Crippen molar-refractivity contribution in [3.63, 3.8) is 0 Å². The van der Waals surface area contributed by atoms with Gasteiger partial charge < -0.3 is 30.1 Å². The van der Waals surface area contributed by atoms with Crippen LogP contribution in [-0.2, 0) is 22.5 Å². The number of nitrogens with zero attached hydrogens (tertiary/aromatic N) is 1. The number of hydrogen-bond acceptors (Lipinski definition) is 5. The first-order valence-electron chi connectivity index (χ1n) is 12.9. The second-order valence-corrected chi connectivity index (χ2v) is 9.72. The molecule has 0 spiro atoms. The van der Waals surface area contributed by atoms with E-state index in [2.05, 4.69) is 10.6 Å². The van der Waals surface area contributed by atoms with Gasteiger partial charge in [0.2, 0.25) is 0 Å². The molecule has 3 N–H and O–H groups in total. The largest absolute Gasteiger partial charge is 0.494 e. The van der Waals surface area contributed by atoms with Crippen LogP contribution in [0.2, 0.25) is 0 Å². The van der Waals surface area contributed by atoms with Gasteiger partial charge in [-0.25, -0.2) is 9.59 Å². The maximum absolute atomic E-state index is 12.7. The number of benzene rings is 2. The SMILES string of the molecule is CCOc1cccc(NC(=O)Nc2ccc3c(c2)CCN(C(=O)O[C@H]2CC[C@H](CC(=O)O)CC2)C3)c1C. The van der Waals surface area contributed by atoms with Crippen LogP contribution in [0.1, 0.15) is 55.7 Å². The summed E-state index contributed by atoms with van der Waals surface area (Å²) in [5, 5.41) is 14.7. The normalized spacial score (nSPS) is 18.9. The molecule has 0 atom stereocenters. The fourth-order valence-corrected chi connectivity index (χ4v) is 5.05. The number of urea groups is 1. The molecule has 0 radical (unpaired) electrons. The van der Waals surface area contributed by atoms with E-state index in [1.54, 1.807) is 4.90 Å². The summed E-state index contributed by atoms with van der Waals surface area (Å²) >= 11 is 0. The number of amides is 3. The molecular formula is C28H35N3O6. The van der Waals surface area contributed by atoms with Gasteiger partial charge in [0, 0.05) is 36.4 Å². The number of aliphatic carboxylic acids is 1. The Balaban J connectivity index is 1.28. The number of anilines is 2. The van der Waals surface area contributed by atoms with Gasteiger partial charge in [-0.2, -0.15) is 0 Å². The molecule has 2 aromatic carbocycles. The lowest BCUT2D eigenvalue weighted by atomic mass is 9.85. The summed E-state index contributed by atoms with van der Waals surface area (Å²) in [6.45, 7) is 5.37. The number of hydrogen-bond donors (Lipinski definition) is 3. The summed E-state index contributed by atoms with van der Waals surface area (Å²) in [5.74, 6) is 0.139. The molecule has 1 heterocycles. The van der Waals surface area contributed by atoms with Gasteiger partial charge in [0.05, 0.1) is 6.61 Å². The zero-order chi connectivity index (χ0) is 26.4. The average molecular weight is 510 g/mol. The van der Waals surface area contributed by atoms with Crippen molar-refractivity contribution < 1.29 is 29.0 Å². The lowest BCUT2D eigenvalue weighted by Crippen LogP contribution is -2.39. The minimum Gasteiger partial charge on any atom is -0.494 e. The highest BCUT2D eigenvalue weighted by molar-refractivity contribution is 6.00. The molecule has 1 aliphatic carbocycles. The zero-order valence-electron chi connectivity index (χ0n) is 21.4. The lowest BCUT2D eigenvalue weighted by molar-refractivity contribution is -0.138. The summed E-state index contributed by atoms with van der Waals surface area (Å²) in [6.07, 6.45) is 3.34. The lowest BCUT2D eigenvalue weighted by Gasteiger charge is -2.32. The monoisotopic (exact) mass is 509 g/mol. The Labute approximate surface area is 217 Å². The van der Waals surface area contributed by atoms with Gasteiger partial charge in [0.25, 0.3) is 0 Å². The van der Waals surface area contributed by atoms with Gasteiger partial charge in [0.1, 0.15) is 11.9 Å². The maximum Gasteiger partial charge on any atom is 0.410 e. The van der Waals surface area contributed by atoms with E-state index < -0.39 is 5.97 Å². The van der Waals surface area contributed by atoms with Crippen LogP contribution in [-0.4, -0.2) is 47.4 Å². The van der Waals surface area contributed by atoms with Crippen LogP contribution in [0.3, 0.4) is 0 Å². The van der Waals surface area contributed by atoms with Gasteiger partial charge in [-0.05, 0) is 87.3 Å². The molecular weight excluding hydrogens is 474 g/mol. The van der Waals surface area contributed by atoms with Crippen LogP contribution in [0.15, 0.2) is 36.4 Å². The van der Waals surface area contributed by atoms with Crippen LogP contribution in [0.5, 0.6) is 5.75 Å². The molecule has 2 aromatic rings. The fourth-order valence-electron chi connectivity index (χ4n) is 5.05. The van der Waals surface area contributed by atoms with E-state index in [4.69, 9.17) is 14.6 Å². The van der Waals surface area contributed by atoms with Crippen LogP contribution in [0.25, 0.3) is 0 Å². The fraction of sp³-hybridized carbons (Fsp3) is 0.464. The minimum atomic E-state index is -0.770. The topological polar surface area (TPSA) is 117 Å². The van der Waals surface area contributed by atoms with Gasteiger partial charge in [-0.3, -0.25) is 4.79 Å². The van der Waals surface area contributed by atoms with E-state index in [-0.39, 0.29) is 30.6 Å². The first-order chi connectivity index (χ1) is 17.8. The van der Waals surface area contributed by atoms with Crippen LogP contribution < -0.4 is 15.4 Å². The van der Waals surface area contributed by atoms with E-state index in [1.807, 2.05) is 50.2 Å². The van der Waals surface area contributed by atoms with Crippen molar-refractivity contribution in [2.75, 3.05) is 23.8 Å². The van der Waals surface area contributed by atoms with Gasteiger partial charge in [-0.15, -0.1) is 0 Å². The summed E-state index contributed by atoms with van der Waals surface area (Å²) in [6, 6.07) is 10.9. The molecule has 9 heteroatoms. The quantitative estimate of drug-likeness (QED) is 0.449. The van der Waals surface area contributed by atoms with Crippen LogP contribution >= 0.6 is 0 Å². The molecule has 0 bridgehead atoms. The Bertz CT molecular complexity index is 1140. The van der Waals surface area contributed by atoms with Crippen LogP contribution in [0, 0.1) is 12.8 Å². The Morgan fingerprint density at radius 2 is 1.84 bits per heavy atom. The van der Waals surface area contributed by atoms with E-state index in [0.29, 0.717) is 50.3 Å². The maximum atomic E-state index is 12.7. The van der Waals surface area contributed by atoms with Gasteiger partial charge >= 0.3 is 18.1 Å². The number of ether oxygens (including phenoxy) is 2. The predicted molar refractivity (Wildman–Crippen MR) is 140 cm³/mol. The smallest absolute Gasteiger partial charge is 0.410 e. The number of rotatable bonds is 7. The number of nitrogens with one attached hydrogen (secondary N) is 2. The van der Waals surface area contributed by atoms with Crippen molar-refractivity contribution in [1.82, 2.24) is 4.90 Å². The number of carboxylic acids is 1. The third kappa shape index (κ3) is 6.93. The van der Waals surface area contributed by atoms with Crippen molar-refractivity contribution >= 4 is 29.5 Å². The Kier molecular flexibility index (Phi) is 8.53. The highest BCUT2D eigenvalue weighted by atomic mass is 16.6. The average Bonchev–Trinajstić information content (AvgIpc) is 2.87. The predicted octanol–water partition coefficient (Wildman–Crippen LogP) is 5.57. The number of carbonyl (C=O) groups is 3. The van der Waals surface area contributed by atoms with Crippen molar-refractivity contribution in [2.45, 2.75) is 65.0 Å². The summed E-state index contributed by atoms with van der Waals surface area (Å²) in [4.78, 5) is 38.0. The molecule has 0 saturated heterocycles. The number of carbonyl (C=O) groups excluding carboxylic acids is 2. The highest BCUT2D eigenvalue weighted by Gasteiger charge is 2.28. The number of fused-ring (bicyclic) bond motifs is 1. The van der Waals surface area contributed by atoms with Gasteiger partial charge in [-0.1, -0.05) is 12.1 Å². The third-order valence-electron chi connectivity index (χ3n) is 7.09. The number of carboxylic acid groups (broad SMARTS) is 1. The third-order valence-corrected chi connectivity index (χ3v) is 7.09. The second kappa shape index (κ2) is 12.0. The van der Waals surface area contributed by atoms with E-state index in [1.165, 1.54) is 0 Å². The molecule has 0 aromatic heterocycles. The molecule has 198 valence electrons. The van der Waals surface area contributed by atoms with E-state index >= 15 is 0 Å². The highest BCUT2D eigenvalue weighted by Crippen LogP contribution is 2.30. The Morgan fingerprint density at radius 1 is 1.05 bits per heavy atom. The zero-order valence-corrected chi connectivity index (χ0v) is 21.4. The molecule has 2 aliphatic rings. The van der Waals surface area contributed by atoms with E-state index in [0.717, 1.165) is 35.3 Å². The van der Waals surface area contributed by atoms with Crippen LogP contribution in [0.4, 0.5) is 21.0 Å². The summed E-state index contributed by atoms with van der Waals surface area (Å²) < 4.78 is 11.3. The second-order valence-electron chi connectivity index (χ2n) is 9.72. The molecule has 1 aliphatic heterocycles. The molecule has 37 heavy (non-hydrogen) atoms. The minimum absolute atomic E-state index is 0.151. The Morgan fingerprint density at radius 3 is 2.57 bits per heavy atom. The molecule has 9 nitrogen and oxygen atoms in total. The van der Waals surface area contributed by atoms with Crippen molar-refractivity contribution in [1.29, 1.82) is 0 Å². The standard InChI is InChI=1S/C28H35N3O6/c1-3-36-25-6-4-5-24(18(25)2)30-27(34)29-22-10-9-21-17-31(14-13-20(21)16-22)28(35)37-23-11-7-19(8-12-23)15-26(32)33/h4-6,9-10,16,19,23H,3,7-8,11-15,17H2,1-2H3,(H,32,33)(H2,29,30,34)/t19-,23-. The van der Waals surface area contributed by atoms with Crippen molar-refractivity contribution in [3.05, 3.63) is 53.1 Å². The molecule has 1 fully saturated rings. The molecule has 1 saturated carbocycles. The summed E-state index contributed by atoms with van der Waals surface area (Å²) in [5.41, 5.74) is 4.35. The summed E-state index contributed by atoms with van der Waals surface area (Å²) in [7, 11) is 0. The molecule has 3 amide bonds. The Hall–Kier alpha value is -3.75. The van der Waals surface area contributed by atoms with Gasteiger partial charge in [0.15, 0.2) is 0 Å². The first kappa shape index (κ1) is 26.3. The molecule has 4 rings (SSSR count).